The first kappa shape index (κ1) is 21.5. The van der Waals surface area contributed by atoms with Gasteiger partial charge in [0.2, 0.25) is 5.91 Å². The molecule has 3 aliphatic rings. The number of carbonyl (C=O) groups excluding carboxylic acids is 2. The van der Waals surface area contributed by atoms with Gasteiger partial charge in [-0.2, -0.15) is 0 Å². The summed E-state index contributed by atoms with van der Waals surface area (Å²) in [4.78, 5) is 44.4. The number of rotatable bonds is 5. The average molecular weight is 430 g/mol. The highest BCUT2D eigenvalue weighted by atomic mass is 16.6. The first-order valence-corrected chi connectivity index (χ1v) is 11.4. The van der Waals surface area contributed by atoms with Crippen LogP contribution in [0.25, 0.3) is 0 Å². The molecular formula is C22H31N5O4. The van der Waals surface area contributed by atoms with Gasteiger partial charge >= 0.3 is 0 Å². The van der Waals surface area contributed by atoms with Gasteiger partial charge in [-0.3, -0.25) is 24.6 Å². The van der Waals surface area contributed by atoms with Gasteiger partial charge in [-0.15, -0.1) is 0 Å². The van der Waals surface area contributed by atoms with E-state index in [0.717, 1.165) is 70.6 Å². The fourth-order valence-electron chi connectivity index (χ4n) is 4.74. The Kier molecular flexibility index (Phi) is 6.70. The average Bonchev–Trinajstić information content (AvgIpc) is 3.34. The Bertz CT molecular complexity index is 825. The van der Waals surface area contributed by atoms with E-state index >= 15 is 0 Å². The van der Waals surface area contributed by atoms with E-state index in [9.17, 15) is 19.7 Å². The molecule has 9 nitrogen and oxygen atoms in total. The van der Waals surface area contributed by atoms with Gasteiger partial charge in [-0.05, 0) is 44.2 Å². The fourth-order valence-corrected chi connectivity index (χ4v) is 4.74. The van der Waals surface area contributed by atoms with Crippen molar-refractivity contribution in [1.82, 2.24) is 14.7 Å². The van der Waals surface area contributed by atoms with Gasteiger partial charge < -0.3 is 14.7 Å². The topological polar surface area (TPSA) is 90.2 Å². The van der Waals surface area contributed by atoms with Crippen molar-refractivity contribution in [2.75, 3.05) is 63.8 Å². The highest BCUT2D eigenvalue weighted by Gasteiger charge is 2.29. The third-order valence-corrected chi connectivity index (χ3v) is 6.61. The van der Waals surface area contributed by atoms with Crippen molar-refractivity contribution in [3.05, 3.63) is 33.9 Å². The molecular weight excluding hydrogens is 398 g/mol. The van der Waals surface area contributed by atoms with E-state index in [2.05, 4.69) is 9.80 Å². The van der Waals surface area contributed by atoms with E-state index in [4.69, 9.17) is 0 Å². The Morgan fingerprint density at radius 2 is 1.45 bits per heavy atom. The minimum atomic E-state index is -0.475. The molecule has 168 valence electrons. The van der Waals surface area contributed by atoms with E-state index in [1.807, 2.05) is 4.90 Å². The monoisotopic (exact) mass is 429 g/mol. The maximum absolute atomic E-state index is 12.9. The standard InChI is InChI=1S/C22H31N5O4/c28-21(25-8-2-1-3-9-25)17-23-12-14-24(15-13-23)18-6-7-20(27(30)31)19(16-18)22(29)26-10-4-5-11-26/h6-7,16H,1-5,8-15,17H2. The van der Waals surface area contributed by atoms with Gasteiger partial charge in [0.25, 0.3) is 11.6 Å². The number of amides is 2. The van der Waals surface area contributed by atoms with Crippen LogP contribution in [0.4, 0.5) is 11.4 Å². The van der Waals surface area contributed by atoms with E-state index in [0.29, 0.717) is 19.6 Å². The second-order valence-electron chi connectivity index (χ2n) is 8.66. The van der Waals surface area contributed by atoms with E-state index in [1.54, 1.807) is 17.0 Å². The Morgan fingerprint density at radius 1 is 0.839 bits per heavy atom. The Balaban J connectivity index is 1.39. The van der Waals surface area contributed by atoms with Gasteiger partial charge in [0, 0.05) is 64.1 Å². The summed E-state index contributed by atoms with van der Waals surface area (Å²) in [6.45, 7) is 6.47. The molecule has 3 fully saturated rings. The molecule has 2 amide bonds. The summed E-state index contributed by atoms with van der Waals surface area (Å²) in [5, 5.41) is 11.5. The highest BCUT2D eigenvalue weighted by Crippen LogP contribution is 2.28. The van der Waals surface area contributed by atoms with Crippen molar-refractivity contribution in [3.63, 3.8) is 0 Å². The predicted molar refractivity (Wildman–Crippen MR) is 117 cm³/mol. The number of nitro groups is 1. The van der Waals surface area contributed by atoms with E-state index < -0.39 is 4.92 Å². The highest BCUT2D eigenvalue weighted by molar-refractivity contribution is 5.99. The van der Waals surface area contributed by atoms with Crippen LogP contribution in [0.3, 0.4) is 0 Å². The number of likely N-dealkylation sites (tertiary alicyclic amines) is 2. The summed E-state index contributed by atoms with van der Waals surface area (Å²) in [6.07, 6.45) is 5.28. The Labute approximate surface area is 182 Å². The number of nitrogens with zero attached hydrogens (tertiary/aromatic N) is 5. The number of hydrogen-bond acceptors (Lipinski definition) is 6. The third kappa shape index (κ3) is 4.98. The van der Waals surface area contributed by atoms with Crippen molar-refractivity contribution >= 4 is 23.2 Å². The molecule has 0 saturated carbocycles. The molecule has 9 heteroatoms. The van der Waals surface area contributed by atoms with Crippen LogP contribution in [-0.4, -0.2) is 90.3 Å². The summed E-state index contributed by atoms with van der Waals surface area (Å²) in [5.41, 5.74) is 0.869. The van der Waals surface area contributed by atoms with Gasteiger partial charge in [-0.25, -0.2) is 0 Å². The lowest BCUT2D eigenvalue weighted by molar-refractivity contribution is -0.385. The van der Waals surface area contributed by atoms with Crippen LogP contribution < -0.4 is 4.90 Å². The SMILES string of the molecule is O=C(CN1CCN(c2ccc([N+](=O)[O-])c(C(=O)N3CCCC3)c2)CC1)N1CCCCC1. The smallest absolute Gasteiger partial charge is 0.282 e. The van der Waals surface area contributed by atoms with Crippen LogP contribution in [0, 0.1) is 10.1 Å². The van der Waals surface area contributed by atoms with E-state index in [-0.39, 0.29) is 23.1 Å². The second-order valence-corrected chi connectivity index (χ2v) is 8.66. The molecule has 0 bridgehead atoms. The van der Waals surface area contributed by atoms with Crippen molar-refractivity contribution in [3.8, 4) is 0 Å². The third-order valence-electron chi connectivity index (χ3n) is 6.61. The van der Waals surface area contributed by atoms with Crippen molar-refractivity contribution in [2.45, 2.75) is 32.1 Å². The summed E-state index contributed by atoms with van der Waals surface area (Å²) in [5.74, 6) is -0.0428. The van der Waals surface area contributed by atoms with Crippen molar-refractivity contribution < 1.29 is 14.5 Å². The lowest BCUT2D eigenvalue weighted by Gasteiger charge is -2.37. The number of piperidine rings is 1. The van der Waals surface area contributed by atoms with Gasteiger partial charge in [-0.1, -0.05) is 0 Å². The molecule has 0 atom stereocenters. The predicted octanol–water partition coefficient (Wildman–Crippen LogP) is 1.97. The van der Waals surface area contributed by atoms with Crippen molar-refractivity contribution in [2.24, 2.45) is 0 Å². The van der Waals surface area contributed by atoms with Crippen LogP contribution in [-0.2, 0) is 4.79 Å². The first-order chi connectivity index (χ1) is 15.0. The summed E-state index contributed by atoms with van der Waals surface area (Å²) >= 11 is 0. The molecule has 0 aromatic heterocycles. The number of carbonyl (C=O) groups is 2. The fraction of sp³-hybridized carbons (Fsp3) is 0.636. The van der Waals surface area contributed by atoms with Crippen LogP contribution in [0.2, 0.25) is 0 Å². The zero-order valence-electron chi connectivity index (χ0n) is 18.0. The van der Waals surface area contributed by atoms with E-state index in [1.165, 1.54) is 12.5 Å². The zero-order chi connectivity index (χ0) is 21.8. The largest absolute Gasteiger partial charge is 0.369 e. The van der Waals surface area contributed by atoms with Gasteiger partial charge in [0.05, 0.1) is 11.5 Å². The molecule has 4 rings (SSSR count). The second kappa shape index (κ2) is 9.64. The minimum absolute atomic E-state index is 0.133. The van der Waals surface area contributed by atoms with Gasteiger partial charge in [0.15, 0.2) is 0 Å². The summed E-state index contributed by atoms with van der Waals surface area (Å²) in [6, 6.07) is 4.85. The molecule has 0 N–H and O–H groups in total. The molecule has 1 aromatic rings. The molecule has 1 aromatic carbocycles. The number of piperazine rings is 1. The maximum atomic E-state index is 12.9. The van der Waals surface area contributed by atoms with Crippen LogP contribution in [0.15, 0.2) is 18.2 Å². The molecule has 0 aliphatic carbocycles. The Morgan fingerprint density at radius 3 is 2.10 bits per heavy atom. The molecule has 0 unspecified atom stereocenters. The lowest BCUT2D eigenvalue weighted by Crippen LogP contribution is -2.50. The Hall–Kier alpha value is -2.68. The minimum Gasteiger partial charge on any atom is -0.369 e. The number of hydrogen-bond donors (Lipinski definition) is 0. The zero-order valence-corrected chi connectivity index (χ0v) is 18.0. The quantitative estimate of drug-likeness (QED) is 0.525. The molecule has 3 saturated heterocycles. The molecule has 31 heavy (non-hydrogen) atoms. The number of anilines is 1. The summed E-state index contributed by atoms with van der Waals surface area (Å²) < 4.78 is 0. The van der Waals surface area contributed by atoms with Crippen LogP contribution >= 0.6 is 0 Å². The number of benzene rings is 1. The molecule has 3 aliphatic heterocycles. The van der Waals surface area contributed by atoms with Crippen LogP contribution in [0.1, 0.15) is 42.5 Å². The molecule has 0 radical (unpaired) electrons. The number of nitro benzene ring substituents is 1. The van der Waals surface area contributed by atoms with Crippen LogP contribution in [0.5, 0.6) is 0 Å². The first-order valence-electron chi connectivity index (χ1n) is 11.4. The molecule has 3 heterocycles. The molecule has 0 spiro atoms. The summed E-state index contributed by atoms with van der Waals surface area (Å²) in [7, 11) is 0. The van der Waals surface area contributed by atoms with Gasteiger partial charge in [0.1, 0.15) is 5.56 Å². The normalized spacial score (nSPS) is 20.2. The van der Waals surface area contributed by atoms with Crippen molar-refractivity contribution in [1.29, 1.82) is 0 Å². The lowest BCUT2D eigenvalue weighted by atomic mass is 10.1. The maximum Gasteiger partial charge on any atom is 0.282 e.